The van der Waals surface area contributed by atoms with Gasteiger partial charge in [0.05, 0.1) is 0 Å². The Morgan fingerprint density at radius 3 is 2.00 bits per heavy atom. The van der Waals surface area contributed by atoms with Gasteiger partial charge in [-0.1, -0.05) is 20.8 Å². The summed E-state index contributed by atoms with van der Waals surface area (Å²) in [4.78, 5) is 2.49. The van der Waals surface area contributed by atoms with Gasteiger partial charge >= 0.3 is 0 Å². The Kier molecular flexibility index (Phi) is 7.25. The molecule has 0 spiro atoms. The van der Waals surface area contributed by atoms with Crippen LogP contribution in [0.15, 0.2) is 0 Å². The predicted molar refractivity (Wildman–Crippen MR) is 74.0 cm³/mol. The lowest BCUT2D eigenvalue weighted by atomic mass is 9.98. The number of nitrogens with one attached hydrogen (secondary N) is 1. The fourth-order valence-corrected chi connectivity index (χ4v) is 1.90. The molecule has 1 unspecified atom stereocenters. The molecule has 0 rings (SSSR count). The van der Waals surface area contributed by atoms with Gasteiger partial charge in [0.1, 0.15) is 0 Å². The molecule has 1 N–H and O–H groups in total. The molecule has 0 amide bonds. The molecule has 16 heavy (non-hydrogen) atoms. The zero-order valence-electron chi connectivity index (χ0n) is 12.4. The summed E-state index contributed by atoms with van der Waals surface area (Å²) < 4.78 is 0. The minimum atomic E-state index is 0.301. The van der Waals surface area contributed by atoms with Crippen LogP contribution in [0, 0.1) is 0 Å². The van der Waals surface area contributed by atoms with Crippen molar-refractivity contribution in [3.05, 3.63) is 0 Å². The maximum Gasteiger partial charge on any atom is 0.0194 e. The highest BCUT2D eigenvalue weighted by atomic mass is 15.2. The second-order valence-corrected chi connectivity index (χ2v) is 5.55. The average Bonchev–Trinajstić information content (AvgIpc) is 2.29. The van der Waals surface area contributed by atoms with Crippen molar-refractivity contribution in [1.29, 1.82) is 0 Å². The molecule has 0 aliphatic heterocycles. The van der Waals surface area contributed by atoms with Crippen molar-refractivity contribution in [3.8, 4) is 0 Å². The molecule has 0 aliphatic rings. The van der Waals surface area contributed by atoms with Crippen molar-refractivity contribution in [2.45, 2.75) is 78.4 Å². The van der Waals surface area contributed by atoms with Crippen LogP contribution in [0.1, 0.15) is 60.8 Å². The fraction of sp³-hybridized carbons (Fsp3) is 1.00. The normalized spacial score (nSPS) is 14.8. The highest BCUT2D eigenvalue weighted by Gasteiger charge is 2.25. The Morgan fingerprint density at radius 2 is 1.62 bits per heavy atom. The highest BCUT2D eigenvalue weighted by molar-refractivity contribution is 4.82. The Balaban J connectivity index is 4.10. The summed E-state index contributed by atoms with van der Waals surface area (Å²) in [6, 6.07) is 1.27. The van der Waals surface area contributed by atoms with Crippen LogP contribution in [-0.4, -0.2) is 36.1 Å². The van der Waals surface area contributed by atoms with Crippen LogP contribution in [0.5, 0.6) is 0 Å². The smallest absolute Gasteiger partial charge is 0.0194 e. The lowest BCUT2D eigenvalue weighted by Gasteiger charge is -2.39. The van der Waals surface area contributed by atoms with Crippen molar-refractivity contribution < 1.29 is 0 Å². The zero-order valence-corrected chi connectivity index (χ0v) is 12.4. The Hall–Kier alpha value is -0.0800. The molecular weight excluding hydrogens is 196 g/mol. The van der Waals surface area contributed by atoms with Gasteiger partial charge < -0.3 is 5.32 Å². The van der Waals surface area contributed by atoms with E-state index in [1.165, 1.54) is 19.3 Å². The van der Waals surface area contributed by atoms with E-state index in [2.05, 4.69) is 58.8 Å². The molecule has 1 atom stereocenters. The minimum absolute atomic E-state index is 0.301. The monoisotopic (exact) mass is 228 g/mol. The maximum absolute atomic E-state index is 3.65. The molecule has 0 aromatic carbocycles. The first-order chi connectivity index (χ1) is 7.38. The molecule has 0 bridgehead atoms. The minimum Gasteiger partial charge on any atom is -0.312 e. The summed E-state index contributed by atoms with van der Waals surface area (Å²) in [7, 11) is 2.24. The predicted octanol–water partition coefficient (Wildman–Crippen LogP) is 3.27. The third kappa shape index (κ3) is 4.84. The highest BCUT2D eigenvalue weighted by Crippen LogP contribution is 2.18. The van der Waals surface area contributed by atoms with Crippen LogP contribution < -0.4 is 5.32 Å². The SMILES string of the molecule is CCC(CC)NCC(C)N(C)C(C)(C)CC. The third-order valence-corrected chi connectivity index (χ3v) is 4.17. The van der Waals surface area contributed by atoms with Gasteiger partial charge in [-0.05, 0) is 47.1 Å². The third-order valence-electron chi connectivity index (χ3n) is 4.17. The number of nitrogens with zero attached hydrogens (tertiary/aromatic N) is 1. The van der Waals surface area contributed by atoms with E-state index in [1.807, 2.05) is 0 Å². The molecule has 0 aromatic heterocycles. The summed E-state index contributed by atoms with van der Waals surface area (Å²) >= 11 is 0. The number of hydrogen-bond acceptors (Lipinski definition) is 2. The number of hydrogen-bond donors (Lipinski definition) is 1. The van der Waals surface area contributed by atoms with Crippen LogP contribution in [0.25, 0.3) is 0 Å². The Bertz CT molecular complexity index is 174. The van der Waals surface area contributed by atoms with Crippen molar-refractivity contribution in [1.82, 2.24) is 10.2 Å². The fourth-order valence-electron chi connectivity index (χ4n) is 1.90. The van der Waals surface area contributed by atoms with Crippen LogP contribution in [0.4, 0.5) is 0 Å². The molecule has 0 heterocycles. The Morgan fingerprint density at radius 1 is 1.12 bits per heavy atom. The number of likely N-dealkylation sites (N-methyl/N-ethyl adjacent to an activating group) is 1. The summed E-state index contributed by atoms with van der Waals surface area (Å²) in [6.07, 6.45) is 3.65. The van der Waals surface area contributed by atoms with E-state index in [9.17, 15) is 0 Å². The van der Waals surface area contributed by atoms with Gasteiger partial charge in [0.15, 0.2) is 0 Å². The van der Waals surface area contributed by atoms with Gasteiger partial charge in [-0.15, -0.1) is 0 Å². The van der Waals surface area contributed by atoms with E-state index in [-0.39, 0.29) is 0 Å². The second-order valence-electron chi connectivity index (χ2n) is 5.55. The summed E-state index contributed by atoms with van der Waals surface area (Å²) in [5, 5.41) is 3.65. The van der Waals surface area contributed by atoms with E-state index >= 15 is 0 Å². The molecular formula is C14H32N2. The molecule has 0 aromatic rings. The van der Waals surface area contributed by atoms with Crippen molar-refractivity contribution in [2.75, 3.05) is 13.6 Å². The Labute approximate surface area is 103 Å². The van der Waals surface area contributed by atoms with Gasteiger partial charge in [0, 0.05) is 24.2 Å². The van der Waals surface area contributed by atoms with Crippen molar-refractivity contribution >= 4 is 0 Å². The average molecular weight is 228 g/mol. The van der Waals surface area contributed by atoms with E-state index in [4.69, 9.17) is 0 Å². The van der Waals surface area contributed by atoms with Crippen LogP contribution in [0.3, 0.4) is 0 Å². The molecule has 0 saturated heterocycles. The first-order valence-corrected chi connectivity index (χ1v) is 6.85. The van der Waals surface area contributed by atoms with Crippen molar-refractivity contribution in [2.24, 2.45) is 0 Å². The molecule has 0 radical (unpaired) electrons. The standard InChI is InChI=1S/C14H32N2/c1-8-13(9-2)15-11-12(4)16(7)14(5,6)10-3/h12-13,15H,8-11H2,1-7H3. The topological polar surface area (TPSA) is 15.3 Å². The molecule has 0 aliphatic carbocycles. The molecule has 0 fully saturated rings. The van der Waals surface area contributed by atoms with Crippen LogP contribution in [-0.2, 0) is 0 Å². The summed E-state index contributed by atoms with van der Waals surface area (Å²) in [5.41, 5.74) is 0.301. The molecule has 0 saturated carbocycles. The largest absolute Gasteiger partial charge is 0.312 e. The first kappa shape index (κ1) is 15.9. The number of rotatable bonds is 8. The second kappa shape index (κ2) is 7.29. The van der Waals surface area contributed by atoms with E-state index in [0.29, 0.717) is 17.6 Å². The summed E-state index contributed by atoms with van der Waals surface area (Å²) in [6.45, 7) is 14.8. The first-order valence-electron chi connectivity index (χ1n) is 6.85. The van der Waals surface area contributed by atoms with Gasteiger partial charge in [-0.25, -0.2) is 0 Å². The zero-order chi connectivity index (χ0) is 12.8. The van der Waals surface area contributed by atoms with Crippen LogP contribution in [0.2, 0.25) is 0 Å². The maximum atomic E-state index is 3.65. The van der Waals surface area contributed by atoms with Crippen LogP contribution >= 0.6 is 0 Å². The lowest BCUT2D eigenvalue weighted by Crippen LogP contribution is -2.50. The lowest BCUT2D eigenvalue weighted by molar-refractivity contribution is 0.103. The van der Waals surface area contributed by atoms with Gasteiger partial charge in [-0.2, -0.15) is 0 Å². The molecule has 2 nitrogen and oxygen atoms in total. The van der Waals surface area contributed by atoms with Gasteiger partial charge in [0.2, 0.25) is 0 Å². The van der Waals surface area contributed by atoms with E-state index in [0.717, 1.165) is 6.54 Å². The van der Waals surface area contributed by atoms with Gasteiger partial charge in [0.25, 0.3) is 0 Å². The van der Waals surface area contributed by atoms with Crippen molar-refractivity contribution in [3.63, 3.8) is 0 Å². The molecule has 2 heteroatoms. The van der Waals surface area contributed by atoms with E-state index in [1.54, 1.807) is 0 Å². The summed E-state index contributed by atoms with van der Waals surface area (Å²) in [5.74, 6) is 0. The van der Waals surface area contributed by atoms with E-state index < -0.39 is 0 Å². The molecule has 98 valence electrons. The quantitative estimate of drug-likeness (QED) is 0.686. The van der Waals surface area contributed by atoms with Gasteiger partial charge in [-0.3, -0.25) is 4.90 Å².